The molecule has 0 atom stereocenters. The lowest BCUT2D eigenvalue weighted by atomic mass is 9.80. The van der Waals surface area contributed by atoms with E-state index in [-0.39, 0.29) is 37.2 Å². The van der Waals surface area contributed by atoms with Crippen LogP contribution in [0.3, 0.4) is 0 Å². The van der Waals surface area contributed by atoms with Crippen LogP contribution in [0.15, 0.2) is 36.4 Å². The van der Waals surface area contributed by atoms with Gasteiger partial charge < -0.3 is 3.79 Å². The van der Waals surface area contributed by atoms with Crippen LogP contribution in [0.2, 0.25) is 0 Å². The molecule has 1 nitrogen and oxygen atoms in total. The molecule has 0 aliphatic rings. The van der Waals surface area contributed by atoms with Crippen LogP contribution in [0.25, 0.3) is 0 Å². The largest absolute Gasteiger partial charge is 0.644 e. The van der Waals surface area contributed by atoms with Crippen molar-refractivity contribution in [3.63, 3.8) is 0 Å². The number of hydrogen-bond donors (Lipinski definition) is 0. The van der Waals surface area contributed by atoms with Gasteiger partial charge in [-0.15, -0.1) is 0 Å². The van der Waals surface area contributed by atoms with Crippen LogP contribution in [-0.4, -0.2) is 15.6 Å². The molecule has 0 N–H and O–H groups in total. The Bertz CT molecular complexity index is 805. The Morgan fingerprint density at radius 1 is 0.533 bits per heavy atom. The summed E-state index contributed by atoms with van der Waals surface area (Å²) in [6.45, 7) is 27.4. The highest BCUT2D eigenvalue weighted by Crippen LogP contribution is 2.35. The van der Waals surface area contributed by atoms with Gasteiger partial charge in [0.1, 0.15) is 0 Å². The third kappa shape index (κ3) is 6.15. The average molecular weight is 422 g/mol. The molecule has 2 heteroatoms. The van der Waals surface area contributed by atoms with Gasteiger partial charge in [-0.3, -0.25) is 0 Å². The lowest BCUT2D eigenvalue weighted by molar-refractivity contribution is 0.522. The summed E-state index contributed by atoms with van der Waals surface area (Å²) in [5, 5.41) is 0. The number of benzene rings is 2. The Morgan fingerprint density at radius 3 is 1.40 bits per heavy atom. The van der Waals surface area contributed by atoms with E-state index < -0.39 is 0 Å². The van der Waals surface area contributed by atoms with Crippen molar-refractivity contribution in [3.8, 4) is 5.75 Å². The van der Waals surface area contributed by atoms with E-state index >= 15 is 0 Å². The highest BCUT2D eigenvalue weighted by molar-refractivity contribution is 6.48. The van der Waals surface area contributed by atoms with Gasteiger partial charge in [0.15, 0.2) is 0 Å². The molecule has 0 heterocycles. The minimum Gasteiger partial charge on any atom is -0.644 e. The molecule has 0 aromatic heterocycles. The molecule has 2 aromatic rings. The number of rotatable bonds is 3. The zero-order valence-corrected chi connectivity index (χ0v) is 22.6. The van der Waals surface area contributed by atoms with E-state index in [0.717, 1.165) is 5.75 Å². The van der Waals surface area contributed by atoms with Gasteiger partial charge in [0.05, 0.1) is 5.75 Å². The van der Waals surface area contributed by atoms with E-state index in [0.29, 0.717) is 0 Å². The normalized spacial score (nSPS) is 13.3. The molecular formula is C28H42AlO. The first-order chi connectivity index (χ1) is 13.4. The van der Waals surface area contributed by atoms with Crippen molar-refractivity contribution in [2.45, 2.75) is 105 Å². The van der Waals surface area contributed by atoms with Gasteiger partial charge in [-0.1, -0.05) is 123 Å². The van der Waals surface area contributed by atoms with Gasteiger partial charge in [-0.05, 0) is 44.4 Å². The van der Waals surface area contributed by atoms with Crippen LogP contribution >= 0.6 is 0 Å². The maximum absolute atomic E-state index is 6.56. The van der Waals surface area contributed by atoms with Crippen molar-refractivity contribution < 1.29 is 3.79 Å². The highest BCUT2D eigenvalue weighted by atomic mass is 27.1. The van der Waals surface area contributed by atoms with Crippen molar-refractivity contribution in [1.82, 2.24) is 0 Å². The molecule has 0 unspecified atom stereocenters. The summed E-state index contributed by atoms with van der Waals surface area (Å²) in [5.74, 6) is 1.03. The molecule has 0 spiro atoms. The highest BCUT2D eigenvalue weighted by Gasteiger charge is 2.26. The van der Waals surface area contributed by atoms with Gasteiger partial charge >= 0.3 is 15.6 Å². The van der Waals surface area contributed by atoms with Crippen molar-refractivity contribution in [1.29, 1.82) is 0 Å². The number of hydrogen-bond acceptors (Lipinski definition) is 1. The Hall–Kier alpha value is -1.23. The maximum atomic E-state index is 6.56. The van der Waals surface area contributed by atoms with Gasteiger partial charge in [-0.25, -0.2) is 0 Å². The Morgan fingerprint density at radius 2 is 0.967 bits per heavy atom. The van der Waals surface area contributed by atoms with Gasteiger partial charge in [0.2, 0.25) is 0 Å². The average Bonchev–Trinajstić information content (AvgIpc) is 2.56. The maximum Gasteiger partial charge on any atom is 0.570 e. The fourth-order valence-electron chi connectivity index (χ4n) is 3.59. The van der Waals surface area contributed by atoms with E-state index in [4.69, 9.17) is 3.79 Å². The van der Waals surface area contributed by atoms with Gasteiger partial charge in [0.25, 0.3) is 0 Å². The second kappa shape index (κ2) is 8.37. The first-order valence-electron chi connectivity index (χ1n) is 11.2. The molecule has 2 aromatic carbocycles. The predicted octanol–water partition coefficient (Wildman–Crippen LogP) is 7.20. The molecule has 0 bridgehead atoms. The SMILES string of the molecule is CC(C)(C)c1ccc([O][Al][c]2ccc(C(C)(C)C)cc2C(C)(C)C)c(C(C)(C)C)c1. The molecule has 0 saturated carbocycles. The molecule has 0 aliphatic carbocycles. The topological polar surface area (TPSA) is 9.23 Å². The second-order valence-corrected chi connectivity index (χ2v) is 13.8. The van der Waals surface area contributed by atoms with Crippen LogP contribution in [0.5, 0.6) is 5.75 Å². The van der Waals surface area contributed by atoms with Crippen LogP contribution in [0.4, 0.5) is 0 Å². The molecule has 0 fully saturated rings. The van der Waals surface area contributed by atoms with E-state index in [1.54, 1.807) is 0 Å². The summed E-state index contributed by atoms with van der Waals surface area (Å²) in [5.41, 5.74) is 5.87. The van der Waals surface area contributed by atoms with Crippen molar-refractivity contribution in [2.24, 2.45) is 0 Å². The fraction of sp³-hybridized carbons (Fsp3) is 0.571. The molecule has 163 valence electrons. The summed E-state index contributed by atoms with van der Waals surface area (Å²) in [4.78, 5) is 0. The lowest BCUT2D eigenvalue weighted by Gasteiger charge is -2.29. The summed E-state index contributed by atoms with van der Waals surface area (Å²) >= 11 is -0.306. The Kier molecular flexibility index (Phi) is 6.98. The fourth-order valence-corrected chi connectivity index (χ4v) is 4.86. The zero-order valence-electron chi connectivity index (χ0n) is 21.4. The minimum absolute atomic E-state index is 0.0407. The molecule has 30 heavy (non-hydrogen) atoms. The molecule has 0 aliphatic heterocycles. The van der Waals surface area contributed by atoms with Crippen LogP contribution < -0.4 is 8.21 Å². The summed E-state index contributed by atoms with van der Waals surface area (Å²) in [6, 6.07) is 13.8. The Balaban J connectivity index is 2.44. The smallest absolute Gasteiger partial charge is 0.570 e. The molecular weight excluding hydrogens is 379 g/mol. The van der Waals surface area contributed by atoms with Crippen molar-refractivity contribution in [3.05, 3.63) is 58.7 Å². The van der Waals surface area contributed by atoms with Crippen molar-refractivity contribution in [2.75, 3.05) is 0 Å². The molecule has 0 saturated heterocycles. The molecule has 0 amide bonds. The Labute approximate surface area is 192 Å². The van der Waals surface area contributed by atoms with E-state index in [2.05, 4.69) is 119 Å². The van der Waals surface area contributed by atoms with Crippen LogP contribution in [-0.2, 0) is 21.7 Å². The van der Waals surface area contributed by atoms with Gasteiger partial charge in [-0.2, -0.15) is 0 Å². The minimum atomic E-state index is -0.306. The van der Waals surface area contributed by atoms with Crippen molar-refractivity contribution >= 4 is 20.0 Å². The monoisotopic (exact) mass is 421 g/mol. The second-order valence-electron chi connectivity index (χ2n) is 12.7. The van der Waals surface area contributed by atoms with Gasteiger partial charge in [0, 0.05) is 0 Å². The van der Waals surface area contributed by atoms with E-state index in [1.807, 2.05) is 0 Å². The third-order valence-corrected chi connectivity index (χ3v) is 6.82. The molecule has 1 radical (unpaired) electrons. The lowest BCUT2D eigenvalue weighted by Crippen LogP contribution is -2.32. The van der Waals surface area contributed by atoms with E-state index in [1.165, 1.54) is 26.7 Å². The quantitative estimate of drug-likeness (QED) is 0.476. The summed E-state index contributed by atoms with van der Waals surface area (Å²) in [7, 11) is 0. The first kappa shape index (κ1) is 25.0. The summed E-state index contributed by atoms with van der Waals surface area (Å²) in [6.07, 6.45) is 0. The van der Waals surface area contributed by atoms with Crippen LogP contribution in [0.1, 0.15) is 105 Å². The molecule has 2 rings (SSSR count). The van der Waals surface area contributed by atoms with E-state index in [9.17, 15) is 0 Å². The first-order valence-corrected chi connectivity index (χ1v) is 12.3. The predicted molar refractivity (Wildman–Crippen MR) is 134 cm³/mol. The van der Waals surface area contributed by atoms with Crippen LogP contribution in [0, 0.1) is 0 Å². The third-order valence-electron chi connectivity index (χ3n) is 5.69. The summed E-state index contributed by atoms with van der Waals surface area (Å²) < 4.78 is 7.92. The zero-order chi connectivity index (χ0) is 23.1. The standard InChI is InChI=1S/C14H22O.C14H21.Al/c1-13(2,3)10-7-8-12(15)11(9-10)14(4,5)6;1-13(2,3)11-8-7-9-12(10-11)14(4,5)6;/h7-9,15H,1-6H3;7-8,10H,1-6H3;/q;;+1/p-1.